The lowest BCUT2D eigenvalue weighted by Crippen LogP contribution is -2.38. The molecule has 2 N–H and O–H groups in total. The van der Waals surface area contributed by atoms with Crippen LogP contribution in [0.1, 0.15) is 44.3 Å². The van der Waals surface area contributed by atoms with Crippen LogP contribution in [0.15, 0.2) is 18.2 Å². The lowest BCUT2D eigenvalue weighted by molar-refractivity contribution is 0.136. The van der Waals surface area contributed by atoms with Gasteiger partial charge in [0.25, 0.3) is 0 Å². The molecule has 1 saturated heterocycles. The van der Waals surface area contributed by atoms with Crippen LogP contribution in [0, 0.1) is 11.7 Å². The first-order chi connectivity index (χ1) is 9.10. The van der Waals surface area contributed by atoms with Crippen molar-refractivity contribution >= 4 is 11.6 Å². The number of aliphatic hydroxyl groups is 1. The Morgan fingerprint density at radius 2 is 2.32 bits per heavy atom. The zero-order chi connectivity index (χ0) is 13.8. The van der Waals surface area contributed by atoms with E-state index in [2.05, 4.69) is 12.2 Å². The fourth-order valence-electron chi connectivity index (χ4n) is 2.81. The first-order valence-corrected chi connectivity index (χ1v) is 7.34. The van der Waals surface area contributed by atoms with E-state index in [-0.39, 0.29) is 5.82 Å². The molecule has 0 aromatic heterocycles. The van der Waals surface area contributed by atoms with Gasteiger partial charge in [-0.1, -0.05) is 31.0 Å². The fourth-order valence-corrected chi connectivity index (χ4v) is 3.11. The zero-order valence-electron chi connectivity index (χ0n) is 11.2. The van der Waals surface area contributed by atoms with Crippen LogP contribution in [-0.2, 0) is 0 Å². The van der Waals surface area contributed by atoms with Crippen molar-refractivity contribution in [1.29, 1.82) is 0 Å². The first kappa shape index (κ1) is 14.8. The van der Waals surface area contributed by atoms with Gasteiger partial charge >= 0.3 is 0 Å². The highest BCUT2D eigenvalue weighted by Crippen LogP contribution is 2.30. The van der Waals surface area contributed by atoms with Gasteiger partial charge in [-0.25, -0.2) is 4.39 Å². The second-order valence-corrected chi connectivity index (χ2v) is 5.77. The largest absolute Gasteiger partial charge is 0.388 e. The summed E-state index contributed by atoms with van der Waals surface area (Å²) in [5, 5.41) is 14.0. The van der Waals surface area contributed by atoms with Crippen LogP contribution in [-0.4, -0.2) is 17.7 Å². The van der Waals surface area contributed by atoms with Crippen LogP contribution in [0.3, 0.4) is 0 Å². The molecule has 1 aromatic carbocycles. The van der Waals surface area contributed by atoms with E-state index >= 15 is 0 Å². The van der Waals surface area contributed by atoms with Crippen LogP contribution < -0.4 is 5.32 Å². The molecule has 19 heavy (non-hydrogen) atoms. The Kier molecular flexibility index (Phi) is 5.20. The predicted molar refractivity (Wildman–Crippen MR) is 75.8 cm³/mol. The van der Waals surface area contributed by atoms with E-state index in [1.807, 2.05) is 0 Å². The SMILES string of the molecule is CCC1CCNC(CC(O)c2ccc(F)cc2Cl)C1. The molecule has 2 rings (SSSR count). The minimum Gasteiger partial charge on any atom is -0.388 e. The fraction of sp³-hybridized carbons (Fsp3) is 0.600. The second kappa shape index (κ2) is 6.69. The molecule has 0 aliphatic carbocycles. The summed E-state index contributed by atoms with van der Waals surface area (Å²) in [4.78, 5) is 0. The van der Waals surface area contributed by atoms with Gasteiger partial charge in [-0.2, -0.15) is 0 Å². The van der Waals surface area contributed by atoms with Crippen molar-refractivity contribution in [3.63, 3.8) is 0 Å². The minimum atomic E-state index is -0.638. The lowest BCUT2D eigenvalue weighted by Gasteiger charge is -2.31. The average molecular weight is 286 g/mol. The molecule has 1 aliphatic heterocycles. The molecule has 1 heterocycles. The molecule has 3 unspecified atom stereocenters. The summed E-state index contributed by atoms with van der Waals surface area (Å²) < 4.78 is 13.0. The third-order valence-electron chi connectivity index (χ3n) is 4.01. The first-order valence-electron chi connectivity index (χ1n) is 6.96. The smallest absolute Gasteiger partial charge is 0.124 e. The minimum absolute atomic E-state index is 0.301. The van der Waals surface area contributed by atoms with Gasteiger partial charge < -0.3 is 10.4 Å². The molecule has 0 bridgehead atoms. The molecular formula is C15H21ClFNO. The maximum atomic E-state index is 13.0. The van der Waals surface area contributed by atoms with Crippen molar-refractivity contribution in [1.82, 2.24) is 5.32 Å². The van der Waals surface area contributed by atoms with Crippen LogP contribution in [0.5, 0.6) is 0 Å². The highest BCUT2D eigenvalue weighted by molar-refractivity contribution is 6.31. The summed E-state index contributed by atoms with van der Waals surface area (Å²) in [5.41, 5.74) is 0.614. The summed E-state index contributed by atoms with van der Waals surface area (Å²) in [5.74, 6) is 0.366. The number of nitrogens with one attached hydrogen (secondary N) is 1. The van der Waals surface area contributed by atoms with E-state index < -0.39 is 6.10 Å². The lowest BCUT2D eigenvalue weighted by atomic mass is 9.87. The number of hydrogen-bond donors (Lipinski definition) is 2. The Labute approximate surface area is 119 Å². The zero-order valence-corrected chi connectivity index (χ0v) is 12.0. The quantitative estimate of drug-likeness (QED) is 0.884. The van der Waals surface area contributed by atoms with E-state index in [9.17, 15) is 9.50 Å². The van der Waals surface area contributed by atoms with Gasteiger partial charge in [0.05, 0.1) is 6.10 Å². The maximum absolute atomic E-state index is 13.0. The van der Waals surface area contributed by atoms with Crippen LogP contribution in [0.25, 0.3) is 0 Å². The van der Waals surface area contributed by atoms with Gasteiger partial charge in [0.1, 0.15) is 5.82 Å². The maximum Gasteiger partial charge on any atom is 0.124 e. The monoisotopic (exact) mass is 285 g/mol. The van der Waals surface area contributed by atoms with Crippen LogP contribution in [0.2, 0.25) is 5.02 Å². The van der Waals surface area contributed by atoms with Crippen molar-refractivity contribution in [2.45, 2.75) is 44.8 Å². The summed E-state index contributed by atoms with van der Waals surface area (Å²) in [6.45, 7) is 3.22. The Hall–Kier alpha value is -0.640. The number of hydrogen-bond acceptors (Lipinski definition) is 2. The molecule has 0 amide bonds. The van der Waals surface area contributed by atoms with Crippen molar-refractivity contribution in [3.8, 4) is 0 Å². The third kappa shape index (κ3) is 3.91. The molecule has 0 radical (unpaired) electrons. The van der Waals surface area contributed by atoms with Crippen molar-refractivity contribution < 1.29 is 9.50 Å². The number of piperidine rings is 1. The van der Waals surface area contributed by atoms with Gasteiger partial charge in [0.15, 0.2) is 0 Å². The number of rotatable bonds is 4. The van der Waals surface area contributed by atoms with E-state index in [4.69, 9.17) is 11.6 Å². The summed E-state index contributed by atoms with van der Waals surface area (Å²) in [7, 11) is 0. The Morgan fingerprint density at radius 1 is 1.53 bits per heavy atom. The molecule has 4 heteroatoms. The Balaban J connectivity index is 1.98. The summed E-state index contributed by atoms with van der Waals surface area (Å²) in [6.07, 6.45) is 3.47. The normalized spacial score (nSPS) is 25.3. The number of benzene rings is 1. The molecule has 1 fully saturated rings. The highest BCUT2D eigenvalue weighted by atomic mass is 35.5. The van der Waals surface area contributed by atoms with Gasteiger partial charge in [-0.05, 0) is 49.4 Å². The molecule has 2 nitrogen and oxygen atoms in total. The van der Waals surface area contributed by atoms with Crippen molar-refractivity contribution in [3.05, 3.63) is 34.6 Å². The van der Waals surface area contributed by atoms with Gasteiger partial charge in [-0.15, -0.1) is 0 Å². The van der Waals surface area contributed by atoms with Crippen molar-refractivity contribution in [2.75, 3.05) is 6.54 Å². The number of aliphatic hydroxyl groups excluding tert-OH is 1. The highest BCUT2D eigenvalue weighted by Gasteiger charge is 2.24. The Bertz CT molecular complexity index is 427. The molecule has 106 valence electrons. The molecule has 1 aliphatic rings. The topological polar surface area (TPSA) is 32.3 Å². The van der Waals surface area contributed by atoms with E-state index in [1.54, 1.807) is 6.07 Å². The van der Waals surface area contributed by atoms with Gasteiger partial charge in [-0.3, -0.25) is 0 Å². The van der Waals surface area contributed by atoms with Crippen LogP contribution >= 0.6 is 11.6 Å². The second-order valence-electron chi connectivity index (χ2n) is 5.37. The van der Waals surface area contributed by atoms with E-state index in [1.165, 1.54) is 25.0 Å². The predicted octanol–water partition coefficient (Wildman–Crippen LogP) is 3.68. The summed E-state index contributed by atoms with van der Waals surface area (Å²) >= 11 is 5.98. The van der Waals surface area contributed by atoms with Crippen LogP contribution in [0.4, 0.5) is 4.39 Å². The van der Waals surface area contributed by atoms with E-state index in [0.29, 0.717) is 23.0 Å². The third-order valence-corrected chi connectivity index (χ3v) is 4.34. The Morgan fingerprint density at radius 3 is 3.00 bits per heavy atom. The molecular weight excluding hydrogens is 265 g/mol. The molecule has 3 atom stereocenters. The van der Waals surface area contributed by atoms with Gasteiger partial charge in [0, 0.05) is 11.1 Å². The molecule has 0 saturated carbocycles. The van der Waals surface area contributed by atoms with Gasteiger partial charge in [0.2, 0.25) is 0 Å². The van der Waals surface area contributed by atoms with Crippen molar-refractivity contribution in [2.24, 2.45) is 5.92 Å². The molecule has 0 spiro atoms. The standard InChI is InChI=1S/C15H21ClFNO/c1-2-10-5-6-18-12(7-10)9-15(19)13-4-3-11(17)8-14(13)16/h3-4,8,10,12,15,18-19H,2,5-7,9H2,1H3. The average Bonchev–Trinajstić information content (AvgIpc) is 2.38. The van der Waals surface area contributed by atoms with E-state index in [0.717, 1.165) is 18.9 Å². The molecule has 1 aromatic rings. The number of halogens is 2. The summed E-state index contributed by atoms with van der Waals surface area (Å²) in [6, 6.07) is 4.48.